The molecule has 1 saturated heterocycles. The number of esters is 1. The predicted octanol–water partition coefficient (Wildman–Crippen LogP) is 7.95. The third kappa shape index (κ3) is 10.6. The van der Waals surface area contributed by atoms with E-state index in [0.717, 1.165) is 64.6 Å². The van der Waals surface area contributed by atoms with Crippen molar-refractivity contribution in [2.24, 2.45) is 23.3 Å². The fraction of sp³-hybridized carbons (Fsp3) is 0.327. The third-order valence-electron chi connectivity index (χ3n) is 11.4. The molecule has 1 spiro atoms. The molecule has 66 heavy (non-hydrogen) atoms. The van der Waals surface area contributed by atoms with Crippen molar-refractivity contribution in [2.45, 2.75) is 38.7 Å². The van der Waals surface area contributed by atoms with Gasteiger partial charge < -0.3 is 53.6 Å². The van der Waals surface area contributed by atoms with Gasteiger partial charge in [-0.1, -0.05) is 24.3 Å². The summed E-state index contributed by atoms with van der Waals surface area (Å²) in [4.78, 5) is 37.6. The molecule has 4 heterocycles. The normalized spacial score (nSPS) is 17.4. The highest BCUT2D eigenvalue weighted by Gasteiger charge is 2.60. The van der Waals surface area contributed by atoms with Gasteiger partial charge in [0.1, 0.15) is 45.7 Å². The summed E-state index contributed by atoms with van der Waals surface area (Å²) in [6.45, 7) is 7.68. The molecule has 0 amide bonds. The SMILES string of the molecule is COc1ccc2c(c1)Oc1cc(OCCCN)ccc1C21OC(=O)C2C=CC=CC21.Cc1cc(=O)oc2cc(OCCCN(C)C)ccc12.Cc1cc(=O)oc2cc(OCCCN)ccc12. The Hall–Kier alpha value is -6.87. The van der Waals surface area contributed by atoms with Crippen LogP contribution in [-0.4, -0.2) is 71.5 Å². The molecule has 0 saturated carbocycles. The second-order valence-electron chi connectivity index (χ2n) is 16.4. The lowest BCUT2D eigenvalue weighted by Gasteiger charge is -2.39. The van der Waals surface area contributed by atoms with Gasteiger partial charge in [0.2, 0.25) is 0 Å². The first-order valence-corrected chi connectivity index (χ1v) is 22.0. The summed E-state index contributed by atoms with van der Waals surface area (Å²) in [7, 11) is 5.68. The zero-order valence-electron chi connectivity index (χ0n) is 38.0. The Kier molecular flexibility index (Phi) is 15.3. The predicted molar refractivity (Wildman–Crippen MR) is 253 cm³/mol. The first-order valence-electron chi connectivity index (χ1n) is 22.0. The number of fused-ring (bicyclic) bond motifs is 8. The molecule has 2 aliphatic heterocycles. The van der Waals surface area contributed by atoms with E-state index in [4.69, 9.17) is 48.7 Å². The number of carbonyl (C=O) groups excluding carboxylic acids is 1. The molecule has 1 aliphatic carbocycles. The molecule has 3 unspecified atom stereocenters. The Morgan fingerprint density at radius 1 is 0.621 bits per heavy atom. The van der Waals surface area contributed by atoms with E-state index in [1.165, 1.54) is 12.1 Å². The highest BCUT2D eigenvalue weighted by Crippen LogP contribution is 2.59. The number of aryl methyl sites for hydroxylation is 2. The maximum absolute atomic E-state index is 12.9. The molecule has 346 valence electrons. The van der Waals surface area contributed by atoms with Gasteiger partial charge in [-0.25, -0.2) is 9.59 Å². The van der Waals surface area contributed by atoms with E-state index in [9.17, 15) is 14.4 Å². The lowest BCUT2D eigenvalue weighted by atomic mass is 9.70. The molecule has 0 bridgehead atoms. The van der Waals surface area contributed by atoms with E-state index >= 15 is 0 Å². The highest BCUT2D eigenvalue weighted by atomic mass is 16.6. The van der Waals surface area contributed by atoms with Gasteiger partial charge in [0.15, 0.2) is 5.60 Å². The van der Waals surface area contributed by atoms with Crippen molar-refractivity contribution in [3.05, 3.63) is 152 Å². The Labute approximate surface area is 383 Å². The fourth-order valence-electron chi connectivity index (χ4n) is 8.16. The third-order valence-corrected chi connectivity index (χ3v) is 11.4. The van der Waals surface area contributed by atoms with Crippen LogP contribution in [0.4, 0.5) is 0 Å². The number of benzene rings is 4. The van der Waals surface area contributed by atoms with Crippen LogP contribution in [0.5, 0.6) is 34.5 Å². The lowest BCUT2D eigenvalue weighted by molar-refractivity contribution is -0.148. The molecule has 2 aromatic heterocycles. The molecular formula is C52H57N3O11. The van der Waals surface area contributed by atoms with Crippen LogP contribution >= 0.6 is 0 Å². The maximum atomic E-state index is 12.9. The topological polar surface area (TPSA) is 188 Å². The van der Waals surface area contributed by atoms with Gasteiger partial charge in [-0.05, 0) is 120 Å². The van der Waals surface area contributed by atoms with E-state index < -0.39 is 5.60 Å². The summed E-state index contributed by atoms with van der Waals surface area (Å²) in [5, 5.41) is 1.87. The number of hydrogen-bond acceptors (Lipinski definition) is 14. The Balaban J connectivity index is 0.000000156. The Morgan fingerprint density at radius 2 is 1.11 bits per heavy atom. The van der Waals surface area contributed by atoms with Crippen molar-refractivity contribution >= 4 is 27.9 Å². The van der Waals surface area contributed by atoms with Crippen molar-refractivity contribution in [1.82, 2.24) is 4.90 Å². The second kappa shape index (κ2) is 21.4. The molecule has 6 aromatic rings. The smallest absolute Gasteiger partial charge is 0.336 e. The van der Waals surface area contributed by atoms with Gasteiger partial charge in [-0.15, -0.1) is 0 Å². The van der Waals surface area contributed by atoms with Crippen LogP contribution in [0.2, 0.25) is 0 Å². The van der Waals surface area contributed by atoms with Gasteiger partial charge in [-0.3, -0.25) is 4.79 Å². The minimum Gasteiger partial charge on any atom is -0.497 e. The zero-order valence-corrected chi connectivity index (χ0v) is 38.0. The summed E-state index contributed by atoms with van der Waals surface area (Å²) >= 11 is 0. The molecule has 3 atom stereocenters. The van der Waals surface area contributed by atoms with Gasteiger partial charge in [0.05, 0.1) is 32.8 Å². The number of nitrogens with zero attached hydrogens (tertiary/aromatic N) is 1. The maximum Gasteiger partial charge on any atom is 0.336 e. The number of ether oxygens (including phenoxy) is 6. The molecule has 9 rings (SSSR count). The largest absolute Gasteiger partial charge is 0.497 e. The van der Waals surface area contributed by atoms with Crippen molar-refractivity contribution < 1.29 is 42.1 Å². The van der Waals surface area contributed by atoms with Gasteiger partial charge >= 0.3 is 17.2 Å². The number of methoxy groups -OCH3 is 1. The molecular weight excluding hydrogens is 843 g/mol. The summed E-state index contributed by atoms with van der Waals surface area (Å²) in [6.07, 6.45) is 10.3. The summed E-state index contributed by atoms with van der Waals surface area (Å²) in [5.41, 5.74) is 13.9. The average Bonchev–Trinajstić information content (AvgIpc) is 3.59. The molecule has 4 N–H and O–H groups in total. The number of rotatable bonds is 14. The quantitative estimate of drug-likeness (QED) is 0.0609. The first kappa shape index (κ1) is 47.1. The molecule has 14 heteroatoms. The number of nitrogens with two attached hydrogens (primary N) is 2. The number of carbonyl (C=O) groups is 1. The Bertz CT molecular complexity index is 2850. The van der Waals surface area contributed by atoms with Crippen LogP contribution in [0.3, 0.4) is 0 Å². The van der Waals surface area contributed by atoms with Crippen molar-refractivity contribution in [3.8, 4) is 34.5 Å². The standard InChI is InChI=1S/C24H23NO5.C15H19NO3.C13H15NO3/c1-27-15-7-9-19-21(13-15)29-22-14-16(28-12-4-11-25)8-10-20(22)24(19)18-6-3-2-5-17(18)23(26)30-24;1-11-9-15(17)19-14-10-12(5-6-13(11)14)18-8-4-7-16(2)3;1-9-7-13(15)17-12-8-10(3-4-11(9)12)16-6-2-5-14/h2-3,5-10,13-14,17-18H,4,11-12,25H2,1H3;5-6,9-10H,4,7-8H2,1-3H3;3-4,7-8H,2,5-6,14H2,1H3. The van der Waals surface area contributed by atoms with Crippen molar-refractivity contribution in [3.63, 3.8) is 0 Å². The van der Waals surface area contributed by atoms with Crippen molar-refractivity contribution in [2.75, 3.05) is 60.7 Å². The minimum atomic E-state index is -0.964. The molecule has 1 fully saturated rings. The van der Waals surface area contributed by atoms with Crippen LogP contribution in [-0.2, 0) is 15.1 Å². The second-order valence-corrected chi connectivity index (χ2v) is 16.4. The summed E-state index contributed by atoms with van der Waals surface area (Å²) < 4.78 is 45.1. The molecule has 4 aromatic carbocycles. The number of allylic oxidation sites excluding steroid dienone is 2. The molecule has 0 radical (unpaired) electrons. The van der Waals surface area contributed by atoms with Gasteiger partial charge in [-0.2, -0.15) is 0 Å². The van der Waals surface area contributed by atoms with E-state index in [0.29, 0.717) is 72.8 Å². The van der Waals surface area contributed by atoms with E-state index in [2.05, 4.69) is 4.90 Å². The summed E-state index contributed by atoms with van der Waals surface area (Å²) in [6, 6.07) is 25.4. The average molecular weight is 900 g/mol. The highest BCUT2D eigenvalue weighted by molar-refractivity contribution is 5.83. The monoisotopic (exact) mass is 899 g/mol. The zero-order chi connectivity index (χ0) is 46.8. The van der Waals surface area contributed by atoms with Crippen LogP contribution in [0, 0.1) is 25.7 Å². The summed E-state index contributed by atoms with van der Waals surface area (Å²) in [5.74, 6) is 3.25. The van der Waals surface area contributed by atoms with Crippen LogP contribution in [0.25, 0.3) is 21.9 Å². The first-order chi connectivity index (χ1) is 31.9. The van der Waals surface area contributed by atoms with E-state index in [1.807, 2.05) is 113 Å². The lowest BCUT2D eigenvalue weighted by Crippen LogP contribution is -2.37. The van der Waals surface area contributed by atoms with Crippen LogP contribution in [0.15, 0.2) is 128 Å². The van der Waals surface area contributed by atoms with E-state index in [1.54, 1.807) is 19.2 Å². The van der Waals surface area contributed by atoms with Crippen LogP contribution < -0.4 is 46.4 Å². The van der Waals surface area contributed by atoms with Gasteiger partial charge in [0.25, 0.3) is 0 Å². The number of hydrogen-bond donors (Lipinski definition) is 2. The molecule has 14 nitrogen and oxygen atoms in total. The van der Waals surface area contributed by atoms with Crippen molar-refractivity contribution in [1.29, 1.82) is 0 Å². The minimum absolute atomic E-state index is 0.172. The van der Waals surface area contributed by atoms with Crippen LogP contribution in [0.1, 0.15) is 41.5 Å². The van der Waals surface area contributed by atoms with E-state index in [-0.39, 0.29) is 29.1 Å². The molecule has 3 aliphatic rings. The Morgan fingerprint density at radius 3 is 1.64 bits per heavy atom. The fourth-order valence-corrected chi connectivity index (χ4v) is 8.16. The van der Waals surface area contributed by atoms with Gasteiger partial charge in [0, 0.05) is 70.8 Å².